The van der Waals surface area contributed by atoms with Crippen LogP contribution in [0.5, 0.6) is 0 Å². The van der Waals surface area contributed by atoms with E-state index in [4.69, 9.17) is 4.74 Å². The Hall–Kier alpha value is -0.0800. The average molecular weight is 281 g/mol. The average Bonchev–Trinajstić information content (AvgIpc) is 2.38. The van der Waals surface area contributed by atoms with Crippen LogP contribution in [0.2, 0.25) is 0 Å². The smallest absolute Gasteiger partial charge is 0.0737 e. The zero-order chi connectivity index (χ0) is 14.8. The summed E-state index contributed by atoms with van der Waals surface area (Å²) in [6.45, 7) is 12.9. The first-order valence-electron chi connectivity index (χ1n) is 8.83. The zero-order valence-corrected chi connectivity index (χ0v) is 14.2. The SMILES string of the molecule is CCNC1C(OC2CCC(C)C(C)C2)CCCC1(C)C. The summed E-state index contributed by atoms with van der Waals surface area (Å²) < 4.78 is 6.59. The Morgan fingerprint density at radius 1 is 1.10 bits per heavy atom. The first kappa shape index (κ1) is 16.3. The summed E-state index contributed by atoms with van der Waals surface area (Å²) >= 11 is 0. The Labute approximate surface area is 126 Å². The molecule has 0 saturated heterocycles. The van der Waals surface area contributed by atoms with E-state index in [0.717, 1.165) is 18.4 Å². The predicted octanol–water partition coefficient (Wildman–Crippen LogP) is 4.38. The topological polar surface area (TPSA) is 21.3 Å². The lowest BCUT2D eigenvalue weighted by Crippen LogP contribution is -2.54. The second kappa shape index (κ2) is 6.79. The second-order valence-corrected chi connectivity index (χ2v) is 7.98. The minimum absolute atomic E-state index is 0.368. The van der Waals surface area contributed by atoms with Crippen LogP contribution in [-0.4, -0.2) is 24.8 Å². The van der Waals surface area contributed by atoms with Gasteiger partial charge in [-0.3, -0.25) is 0 Å². The molecule has 1 N–H and O–H groups in total. The fourth-order valence-corrected chi connectivity index (χ4v) is 4.23. The minimum atomic E-state index is 0.368. The molecule has 2 fully saturated rings. The molecule has 2 heteroatoms. The molecule has 0 aromatic rings. The number of hydrogen-bond donors (Lipinski definition) is 1. The van der Waals surface area contributed by atoms with Crippen molar-refractivity contribution < 1.29 is 4.74 Å². The summed E-state index contributed by atoms with van der Waals surface area (Å²) in [4.78, 5) is 0. The third-order valence-electron chi connectivity index (χ3n) is 5.86. The van der Waals surface area contributed by atoms with Crippen molar-refractivity contribution in [2.24, 2.45) is 17.3 Å². The van der Waals surface area contributed by atoms with Gasteiger partial charge in [0.1, 0.15) is 0 Å². The van der Waals surface area contributed by atoms with Crippen molar-refractivity contribution in [1.82, 2.24) is 5.32 Å². The van der Waals surface area contributed by atoms with Crippen molar-refractivity contribution in [2.45, 2.75) is 91.4 Å². The van der Waals surface area contributed by atoms with Gasteiger partial charge < -0.3 is 10.1 Å². The van der Waals surface area contributed by atoms with E-state index in [0.29, 0.717) is 23.7 Å². The van der Waals surface area contributed by atoms with Crippen LogP contribution in [0.15, 0.2) is 0 Å². The molecule has 0 aliphatic heterocycles. The third kappa shape index (κ3) is 3.76. The molecule has 0 amide bonds. The number of likely N-dealkylation sites (N-methyl/N-ethyl adjacent to an activating group) is 1. The molecule has 5 unspecified atom stereocenters. The molecule has 5 atom stereocenters. The Balaban J connectivity index is 1.96. The number of rotatable bonds is 4. The molecule has 0 aromatic carbocycles. The van der Waals surface area contributed by atoms with Gasteiger partial charge in [0.05, 0.1) is 12.2 Å². The third-order valence-corrected chi connectivity index (χ3v) is 5.86. The summed E-state index contributed by atoms with van der Waals surface area (Å²) in [6, 6.07) is 0.524. The monoisotopic (exact) mass is 281 g/mol. The van der Waals surface area contributed by atoms with Crippen LogP contribution in [0.4, 0.5) is 0 Å². The van der Waals surface area contributed by atoms with Gasteiger partial charge in [0, 0.05) is 6.04 Å². The lowest BCUT2D eigenvalue weighted by Gasteiger charge is -2.46. The fraction of sp³-hybridized carbons (Fsp3) is 1.00. The molecule has 0 aromatic heterocycles. The Kier molecular flexibility index (Phi) is 5.53. The van der Waals surface area contributed by atoms with Crippen molar-refractivity contribution in [2.75, 3.05) is 6.54 Å². The van der Waals surface area contributed by atoms with E-state index in [1.165, 1.54) is 38.5 Å². The maximum atomic E-state index is 6.59. The molecule has 0 spiro atoms. The molecular formula is C18H35NO. The predicted molar refractivity (Wildman–Crippen MR) is 85.9 cm³/mol. The van der Waals surface area contributed by atoms with Gasteiger partial charge in [-0.25, -0.2) is 0 Å². The highest BCUT2D eigenvalue weighted by molar-refractivity contribution is 4.95. The first-order valence-corrected chi connectivity index (χ1v) is 8.83. The van der Waals surface area contributed by atoms with Gasteiger partial charge in [-0.2, -0.15) is 0 Å². The summed E-state index contributed by atoms with van der Waals surface area (Å²) in [5, 5.41) is 3.71. The molecule has 118 valence electrons. The van der Waals surface area contributed by atoms with Crippen molar-refractivity contribution >= 4 is 0 Å². The summed E-state index contributed by atoms with van der Waals surface area (Å²) in [6.07, 6.45) is 8.67. The first-order chi connectivity index (χ1) is 9.44. The lowest BCUT2D eigenvalue weighted by molar-refractivity contribution is -0.0963. The molecule has 2 aliphatic rings. The standard InChI is InChI=1S/C18H35NO/c1-6-19-17-16(8-7-11-18(17,4)5)20-15-10-9-13(2)14(3)12-15/h13-17,19H,6-12H2,1-5H3. The zero-order valence-electron chi connectivity index (χ0n) is 14.2. The van der Waals surface area contributed by atoms with E-state index < -0.39 is 0 Å². The van der Waals surface area contributed by atoms with Gasteiger partial charge in [-0.15, -0.1) is 0 Å². The van der Waals surface area contributed by atoms with Crippen LogP contribution in [0.1, 0.15) is 73.1 Å². The van der Waals surface area contributed by atoms with Crippen LogP contribution < -0.4 is 5.32 Å². The normalized spacial score (nSPS) is 41.5. The number of nitrogens with one attached hydrogen (secondary N) is 1. The van der Waals surface area contributed by atoms with Gasteiger partial charge >= 0.3 is 0 Å². The number of ether oxygens (including phenoxy) is 1. The van der Waals surface area contributed by atoms with Gasteiger partial charge in [-0.05, 0) is 55.9 Å². The molecule has 0 radical (unpaired) electrons. The largest absolute Gasteiger partial charge is 0.373 e. The quantitative estimate of drug-likeness (QED) is 0.825. The van der Waals surface area contributed by atoms with Crippen LogP contribution in [0.3, 0.4) is 0 Å². The molecule has 2 aliphatic carbocycles. The van der Waals surface area contributed by atoms with Gasteiger partial charge in [0.15, 0.2) is 0 Å². The van der Waals surface area contributed by atoms with E-state index >= 15 is 0 Å². The molecule has 0 bridgehead atoms. The lowest BCUT2D eigenvalue weighted by atomic mass is 9.71. The molecule has 2 nitrogen and oxygen atoms in total. The maximum Gasteiger partial charge on any atom is 0.0737 e. The summed E-state index contributed by atoms with van der Waals surface area (Å²) in [5.41, 5.74) is 0.368. The van der Waals surface area contributed by atoms with Crippen LogP contribution in [-0.2, 0) is 4.74 Å². The van der Waals surface area contributed by atoms with Crippen molar-refractivity contribution in [1.29, 1.82) is 0 Å². The minimum Gasteiger partial charge on any atom is -0.373 e. The van der Waals surface area contributed by atoms with Crippen molar-refractivity contribution in [3.8, 4) is 0 Å². The van der Waals surface area contributed by atoms with E-state index in [2.05, 4.69) is 39.9 Å². The molecule has 2 saturated carbocycles. The molecule has 0 heterocycles. The van der Waals surface area contributed by atoms with Crippen LogP contribution in [0.25, 0.3) is 0 Å². The van der Waals surface area contributed by atoms with Crippen LogP contribution >= 0.6 is 0 Å². The van der Waals surface area contributed by atoms with E-state index in [1.54, 1.807) is 0 Å². The van der Waals surface area contributed by atoms with Crippen molar-refractivity contribution in [3.05, 3.63) is 0 Å². The van der Waals surface area contributed by atoms with Crippen LogP contribution in [0, 0.1) is 17.3 Å². The van der Waals surface area contributed by atoms with E-state index in [1.807, 2.05) is 0 Å². The van der Waals surface area contributed by atoms with E-state index in [-0.39, 0.29) is 0 Å². The summed E-state index contributed by atoms with van der Waals surface area (Å²) in [7, 11) is 0. The number of hydrogen-bond acceptors (Lipinski definition) is 2. The van der Waals surface area contributed by atoms with E-state index in [9.17, 15) is 0 Å². The Morgan fingerprint density at radius 3 is 2.50 bits per heavy atom. The second-order valence-electron chi connectivity index (χ2n) is 7.98. The van der Waals surface area contributed by atoms with Gasteiger partial charge in [0.2, 0.25) is 0 Å². The molecular weight excluding hydrogens is 246 g/mol. The summed E-state index contributed by atoms with van der Waals surface area (Å²) in [5.74, 6) is 1.70. The molecule has 2 rings (SSSR count). The highest BCUT2D eigenvalue weighted by atomic mass is 16.5. The van der Waals surface area contributed by atoms with Crippen molar-refractivity contribution in [3.63, 3.8) is 0 Å². The molecule has 20 heavy (non-hydrogen) atoms. The highest BCUT2D eigenvalue weighted by Gasteiger charge is 2.40. The van der Waals surface area contributed by atoms with Gasteiger partial charge in [-0.1, -0.05) is 41.0 Å². The maximum absolute atomic E-state index is 6.59. The van der Waals surface area contributed by atoms with Gasteiger partial charge in [0.25, 0.3) is 0 Å². The highest BCUT2D eigenvalue weighted by Crippen LogP contribution is 2.39. The Bertz CT molecular complexity index is 302. The fourth-order valence-electron chi connectivity index (χ4n) is 4.23. The Morgan fingerprint density at radius 2 is 1.85 bits per heavy atom.